The molecule has 2 aromatic rings. The lowest BCUT2D eigenvalue weighted by Crippen LogP contribution is -2.49. The van der Waals surface area contributed by atoms with Crippen molar-refractivity contribution in [3.05, 3.63) is 41.7 Å². The fraction of sp³-hybridized carbons (Fsp3) is 0.444. The highest BCUT2D eigenvalue weighted by atomic mass is 32.1. The number of hydrogen-bond donors (Lipinski definition) is 1. The topological polar surface area (TPSA) is 55.3 Å². The van der Waals surface area contributed by atoms with Crippen LogP contribution in [0, 0.1) is 0 Å². The Morgan fingerprint density at radius 1 is 1.33 bits per heavy atom. The van der Waals surface area contributed by atoms with Gasteiger partial charge in [0.25, 0.3) is 0 Å². The highest BCUT2D eigenvalue weighted by Crippen LogP contribution is 2.37. The van der Waals surface area contributed by atoms with Crippen LogP contribution in [-0.4, -0.2) is 35.0 Å². The van der Waals surface area contributed by atoms with Crippen molar-refractivity contribution in [3.8, 4) is 5.75 Å². The number of nitrogens with one attached hydrogen (secondary N) is 1. The molecule has 24 heavy (non-hydrogen) atoms. The summed E-state index contributed by atoms with van der Waals surface area (Å²) in [6.45, 7) is 5.01. The number of hydrogen-bond acceptors (Lipinski definition) is 4. The average molecular weight is 343 g/mol. The SMILES string of the molecule is CCCOc1ccccc1C(CC)C1[N]C(=S)c2[nH]ncc2N1C. The van der Waals surface area contributed by atoms with Crippen LogP contribution in [-0.2, 0) is 0 Å². The van der Waals surface area contributed by atoms with E-state index in [9.17, 15) is 0 Å². The first-order valence-electron chi connectivity index (χ1n) is 8.40. The third-order valence-corrected chi connectivity index (χ3v) is 4.75. The number of anilines is 1. The number of para-hydroxylation sites is 1. The third kappa shape index (κ3) is 2.98. The minimum atomic E-state index is -0.0565. The molecule has 0 saturated carbocycles. The lowest BCUT2D eigenvalue weighted by molar-refractivity contribution is 0.308. The van der Waals surface area contributed by atoms with Crippen LogP contribution in [0.25, 0.3) is 0 Å². The molecule has 1 aromatic heterocycles. The van der Waals surface area contributed by atoms with Crippen LogP contribution in [0.5, 0.6) is 5.75 Å². The van der Waals surface area contributed by atoms with Crippen molar-refractivity contribution >= 4 is 22.9 Å². The van der Waals surface area contributed by atoms with E-state index in [1.54, 1.807) is 0 Å². The standard InChI is InChI=1S/C18H23N4OS/c1-4-10-23-15-9-7-6-8-13(15)12(5-2)17-20-18(24)16-14(22(17)3)11-19-21-16/h6-9,11-12,17H,4-5,10H2,1-3H3,(H,19,21). The molecule has 2 unspecified atom stereocenters. The zero-order valence-corrected chi connectivity index (χ0v) is 15.1. The van der Waals surface area contributed by atoms with Gasteiger partial charge in [0.1, 0.15) is 22.6 Å². The van der Waals surface area contributed by atoms with Crippen molar-refractivity contribution in [1.29, 1.82) is 0 Å². The summed E-state index contributed by atoms with van der Waals surface area (Å²) < 4.78 is 5.96. The van der Waals surface area contributed by atoms with Crippen LogP contribution in [0.15, 0.2) is 30.5 Å². The van der Waals surface area contributed by atoms with E-state index in [1.165, 1.54) is 5.56 Å². The molecule has 2 heterocycles. The van der Waals surface area contributed by atoms with E-state index in [1.807, 2.05) is 25.4 Å². The average Bonchev–Trinajstić information content (AvgIpc) is 3.09. The Morgan fingerprint density at radius 2 is 2.12 bits per heavy atom. The summed E-state index contributed by atoms with van der Waals surface area (Å²) in [5, 5.41) is 11.8. The molecule has 0 amide bonds. The molecule has 1 aromatic carbocycles. The molecular weight excluding hydrogens is 320 g/mol. The number of nitrogens with zero attached hydrogens (tertiary/aromatic N) is 3. The molecule has 6 heteroatoms. The predicted octanol–water partition coefficient (Wildman–Crippen LogP) is 3.45. The molecule has 1 N–H and O–H groups in total. The van der Waals surface area contributed by atoms with Gasteiger partial charge in [-0.25, -0.2) is 5.32 Å². The maximum atomic E-state index is 5.96. The normalized spacial score (nSPS) is 18.0. The largest absolute Gasteiger partial charge is 0.493 e. The second kappa shape index (κ2) is 7.21. The van der Waals surface area contributed by atoms with Gasteiger partial charge in [0.05, 0.1) is 18.5 Å². The first-order chi connectivity index (χ1) is 11.7. The molecule has 1 aliphatic heterocycles. The molecular formula is C18H23N4OS. The second-order valence-electron chi connectivity index (χ2n) is 5.99. The molecule has 5 nitrogen and oxygen atoms in total. The first-order valence-corrected chi connectivity index (χ1v) is 8.81. The summed E-state index contributed by atoms with van der Waals surface area (Å²) in [5.74, 6) is 1.14. The summed E-state index contributed by atoms with van der Waals surface area (Å²) in [5.41, 5.74) is 3.02. The minimum absolute atomic E-state index is 0.0565. The van der Waals surface area contributed by atoms with Crippen LogP contribution in [0.2, 0.25) is 0 Å². The number of benzene rings is 1. The van der Waals surface area contributed by atoms with Crippen molar-refractivity contribution < 1.29 is 4.74 Å². The van der Waals surface area contributed by atoms with Crippen molar-refractivity contribution in [2.75, 3.05) is 18.6 Å². The maximum Gasteiger partial charge on any atom is 0.150 e. The van der Waals surface area contributed by atoms with Gasteiger partial charge < -0.3 is 9.64 Å². The molecule has 0 aliphatic carbocycles. The number of aromatic nitrogens is 2. The van der Waals surface area contributed by atoms with Gasteiger partial charge in [0.2, 0.25) is 0 Å². The van der Waals surface area contributed by atoms with Crippen LogP contribution < -0.4 is 15.0 Å². The Bertz CT molecular complexity index is 715. The molecule has 0 saturated heterocycles. The summed E-state index contributed by atoms with van der Waals surface area (Å²) in [4.78, 5) is 2.75. The van der Waals surface area contributed by atoms with Crippen molar-refractivity contribution in [1.82, 2.24) is 15.5 Å². The fourth-order valence-electron chi connectivity index (χ4n) is 3.20. The van der Waals surface area contributed by atoms with Crippen LogP contribution in [0.4, 0.5) is 5.69 Å². The molecule has 1 aliphatic rings. The van der Waals surface area contributed by atoms with E-state index in [0.717, 1.165) is 36.6 Å². The minimum Gasteiger partial charge on any atom is -0.493 e. The molecule has 0 fully saturated rings. The Balaban J connectivity index is 1.94. The quantitative estimate of drug-likeness (QED) is 0.816. The van der Waals surface area contributed by atoms with Gasteiger partial charge in [-0.1, -0.05) is 44.3 Å². The van der Waals surface area contributed by atoms with Crippen LogP contribution in [0.1, 0.15) is 43.9 Å². The summed E-state index contributed by atoms with van der Waals surface area (Å²) in [7, 11) is 2.04. The van der Waals surface area contributed by atoms with E-state index in [4.69, 9.17) is 22.3 Å². The number of fused-ring (bicyclic) bond motifs is 1. The lowest BCUT2D eigenvalue weighted by atomic mass is 9.90. The number of likely N-dealkylation sites (N-methyl/N-ethyl adjacent to an activating group) is 1. The zero-order chi connectivity index (χ0) is 17.1. The monoisotopic (exact) mass is 343 g/mol. The molecule has 1 radical (unpaired) electrons. The lowest BCUT2D eigenvalue weighted by Gasteiger charge is -2.38. The second-order valence-corrected chi connectivity index (χ2v) is 6.38. The molecule has 3 rings (SSSR count). The number of rotatable bonds is 6. The van der Waals surface area contributed by atoms with Crippen molar-refractivity contribution in [2.24, 2.45) is 0 Å². The highest BCUT2D eigenvalue weighted by Gasteiger charge is 2.36. The van der Waals surface area contributed by atoms with Gasteiger partial charge in [0, 0.05) is 18.5 Å². The van der Waals surface area contributed by atoms with Gasteiger partial charge >= 0.3 is 0 Å². The van der Waals surface area contributed by atoms with Gasteiger partial charge in [-0.05, 0) is 18.9 Å². The molecule has 0 bridgehead atoms. The number of aromatic amines is 1. The van der Waals surface area contributed by atoms with Gasteiger partial charge in [-0.3, -0.25) is 5.10 Å². The Kier molecular flexibility index (Phi) is 5.04. The highest BCUT2D eigenvalue weighted by molar-refractivity contribution is 7.80. The van der Waals surface area contributed by atoms with Crippen molar-refractivity contribution in [2.45, 2.75) is 38.8 Å². The van der Waals surface area contributed by atoms with E-state index in [-0.39, 0.29) is 12.1 Å². The predicted molar refractivity (Wildman–Crippen MR) is 99.9 cm³/mol. The summed E-state index contributed by atoms with van der Waals surface area (Å²) >= 11 is 5.47. The van der Waals surface area contributed by atoms with Gasteiger partial charge in [-0.2, -0.15) is 5.10 Å². The molecule has 0 spiro atoms. The number of thiocarbonyl (C=S) groups is 1. The smallest absolute Gasteiger partial charge is 0.150 e. The van der Waals surface area contributed by atoms with Crippen LogP contribution in [0.3, 0.4) is 0 Å². The zero-order valence-electron chi connectivity index (χ0n) is 14.3. The Labute approximate surface area is 148 Å². The van der Waals surface area contributed by atoms with Crippen LogP contribution >= 0.6 is 12.2 Å². The first kappa shape index (κ1) is 16.8. The number of H-pyrrole nitrogens is 1. The fourth-order valence-corrected chi connectivity index (χ4v) is 3.46. The Hall–Kier alpha value is -2.08. The van der Waals surface area contributed by atoms with Gasteiger partial charge in [0.15, 0.2) is 0 Å². The number of ether oxygens (including phenoxy) is 1. The Morgan fingerprint density at radius 3 is 2.88 bits per heavy atom. The summed E-state index contributed by atoms with van der Waals surface area (Å²) in [6, 6.07) is 8.25. The third-order valence-electron chi connectivity index (χ3n) is 4.44. The van der Waals surface area contributed by atoms with Crippen molar-refractivity contribution in [3.63, 3.8) is 0 Å². The van der Waals surface area contributed by atoms with E-state index in [2.05, 4.69) is 41.1 Å². The van der Waals surface area contributed by atoms with Gasteiger partial charge in [-0.15, -0.1) is 0 Å². The molecule has 127 valence electrons. The van der Waals surface area contributed by atoms with E-state index < -0.39 is 0 Å². The maximum absolute atomic E-state index is 5.96. The van der Waals surface area contributed by atoms with E-state index >= 15 is 0 Å². The summed E-state index contributed by atoms with van der Waals surface area (Å²) in [6.07, 6.45) is 3.69. The van der Waals surface area contributed by atoms with E-state index in [0.29, 0.717) is 4.99 Å². The molecule has 2 atom stereocenters.